The smallest absolute Gasteiger partial charge is 0.308 e. The zero-order chi connectivity index (χ0) is 23.9. The van der Waals surface area contributed by atoms with Crippen molar-refractivity contribution in [3.8, 4) is 0 Å². The number of H-pyrrole nitrogens is 1. The Balaban J connectivity index is 1.51. The number of rotatable bonds is 9. The van der Waals surface area contributed by atoms with Crippen molar-refractivity contribution < 1.29 is 19.2 Å². The fraction of sp³-hybridized carbons (Fsp3) is 0.0800. The van der Waals surface area contributed by atoms with E-state index in [0.29, 0.717) is 33.3 Å². The van der Waals surface area contributed by atoms with Crippen molar-refractivity contribution in [3.05, 3.63) is 102 Å². The first-order valence-electron chi connectivity index (χ1n) is 10.4. The van der Waals surface area contributed by atoms with Gasteiger partial charge in [-0.2, -0.15) is 0 Å². The molecule has 8 nitrogen and oxygen atoms in total. The van der Waals surface area contributed by atoms with Crippen molar-refractivity contribution in [2.75, 3.05) is 10.6 Å². The first-order chi connectivity index (χ1) is 16.5. The van der Waals surface area contributed by atoms with Gasteiger partial charge in [-0.05, 0) is 41.5 Å². The highest BCUT2D eigenvalue weighted by Crippen LogP contribution is 2.33. The molecule has 4 N–H and O–H groups in total. The second-order valence-corrected chi connectivity index (χ2v) is 9.06. The second kappa shape index (κ2) is 10.7. The minimum atomic E-state index is -1.64. The molecule has 1 heterocycles. The fourth-order valence-electron chi connectivity index (χ4n) is 3.42. The van der Waals surface area contributed by atoms with Crippen LogP contribution in [0.3, 0.4) is 0 Å². The molecule has 1 amide bonds. The molecule has 0 saturated carbocycles. The summed E-state index contributed by atoms with van der Waals surface area (Å²) in [6, 6.07) is 22.5. The fourth-order valence-corrected chi connectivity index (χ4v) is 4.90. The number of carbonyl (C=O) groups excluding carboxylic acids is 1. The Kier molecular flexibility index (Phi) is 7.26. The van der Waals surface area contributed by atoms with Gasteiger partial charge in [-0.25, -0.2) is 4.98 Å². The Hall–Kier alpha value is -4.08. The number of carbonyl (C=O) groups is 2. The molecule has 0 aliphatic rings. The molecule has 0 aliphatic carbocycles. The van der Waals surface area contributed by atoms with Gasteiger partial charge in [0.1, 0.15) is 0 Å². The van der Waals surface area contributed by atoms with Crippen LogP contribution in [-0.2, 0) is 16.0 Å². The normalized spacial score (nSPS) is 12.5. The molecule has 1 aromatic heterocycles. The van der Waals surface area contributed by atoms with Crippen molar-refractivity contribution in [2.24, 2.45) is 0 Å². The molecule has 4 aromatic rings. The van der Waals surface area contributed by atoms with Crippen LogP contribution in [0.15, 0.2) is 96.2 Å². The highest BCUT2D eigenvalue weighted by Gasteiger charge is 2.29. The van der Waals surface area contributed by atoms with Crippen LogP contribution >= 0.6 is 0 Å². The highest BCUT2D eigenvalue weighted by atomic mass is 32.2. The lowest BCUT2D eigenvalue weighted by atomic mass is 10.1. The summed E-state index contributed by atoms with van der Waals surface area (Å²) in [5.41, 5.74) is 2.26. The van der Waals surface area contributed by atoms with Crippen LogP contribution in [-0.4, -0.2) is 31.5 Å². The van der Waals surface area contributed by atoms with Gasteiger partial charge in [0.2, 0.25) is 5.95 Å². The van der Waals surface area contributed by atoms with Gasteiger partial charge in [0.25, 0.3) is 5.91 Å². The molecule has 4 rings (SSSR count). The Morgan fingerprint density at radius 2 is 1.76 bits per heavy atom. The molecular weight excluding hydrogens is 452 g/mol. The molecule has 0 radical (unpaired) electrons. The molecule has 2 atom stereocenters. The Labute approximate surface area is 199 Å². The van der Waals surface area contributed by atoms with Crippen LogP contribution < -0.4 is 10.6 Å². The molecule has 34 heavy (non-hydrogen) atoms. The molecule has 3 aromatic carbocycles. The van der Waals surface area contributed by atoms with E-state index in [-0.39, 0.29) is 12.3 Å². The highest BCUT2D eigenvalue weighted by molar-refractivity contribution is 7.91. The third kappa shape index (κ3) is 5.83. The number of aromatic nitrogens is 2. The third-order valence-electron chi connectivity index (χ3n) is 5.00. The zero-order valence-corrected chi connectivity index (χ0v) is 18.8. The number of benzene rings is 3. The molecule has 172 valence electrons. The third-order valence-corrected chi connectivity index (χ3v) is 6.67. The standard InChI is InChI=1S/C25H22N4O4S/c30-23(31)16-22(17-6-2-1-3-7-17)34(33)21-11-5-10-20(15-21)28-24(32)18-8-4-9-19(14-18)29-25-26-12-13-27-25/h1-15,22H,16H2,(H,28,32)(H,30,31)(H2,26,27,29). The predicted molar refractivity (Wildman–Crippen MR) is 131 cm³/mol. The van der Waals surface area contributed by atoms with Gasteiger partial charge in [-0.1, -0.05) is 42.5 Å². The summed E-state index contributed by atoms with van der Waals surface area (Å²) in [6.07, 6.45) is 3.03. The van der Waals surface area contributed by atoms with E-state index in [2.05, 4.69) is 20.6 Å². The Morgan fingerprint density at radius 3 is 2.50 bits per heavy atom. The number of amides is 1. The van der Waals surface area contributed by atoms with Gasteiger partial charge in [0.15, 0.2) is 10.1 Å². The Morgan fingerprint density at radius 1 is 1.00 bits per heavy atom. The monoisotopic (exact) mass is 474 g/mol. The maximum atomic E-state index is 13.3. The summed E-state index contributed by atoms with van der Waals surface area (Å²) in [4.78, 5) is 31.7. The van der Waals surface area contributed by atoms with Gasteiger partial charge < -0.3 is 25.3 Å². The van der Waals surface area contributed by atoms with Gasteiger partial charge >= 0.3 is 5.97 Å². The van der Waals surface area contributed by atoms with Crippen LogP contribution in [0.25, 0.3) is 0 Å². The van der Waals surface area contributed by atoms with Crippen LogP contribution in [0.4, 0.5) is 17.3 Å². The maximum absolute atomic E-state index is 13.3. The van der Waals surface area contributed by atoms with Crippen LogP contribution in [0.5, 0.6) is 0 Å². The van der Waals surface area contributed by atoms with E-state index in [1.807, 2.05) is 12.1 Å². The van der Waals surface area contributed by atoms with E-state index in [1.165, 1.54) is 0 Å². The molecule has 0 aliphatic heterocycles. The minimum absolute atomic E-state index is 0.275. The number of hydrogen-bond acceptors (Lipinski definition) is 5. The summed E-state index contributed by atoms with van der Waals surface area (Å²) < 4.78 is 13.3. The van der Waals surface area contributed by atoms with E-state index in [9.17, 15) is 19.2 Å². The second-order valence-electron chi connectivity index (χ2n) is 7.42. The lowest BCUT2D eigenvalue weighted by Crippen LogP contribution is -2.18. The van der Waals surface area contributed by atoms with Crippen molar-refractivity contribution in [3.63, 3.8) is 0 Å². The van der Waals surface area contributed by atoms with Gasteiger partial charge in [-0.15, -0.1) is 0 Å². The lowest BCUT2D eigenvalue weighted by Gasteiger charge is -2.21. The summed E-state index contributed by atoms with van der Waals surface area (Å²) >= 11 is -1.64. The van der Waals surface area contributed by atoms with Gasteiger partial charge in [0.05, 0.1) is 6.42 Å². The number of carboxylic acid groups (broad SMARTS) is 1. The minimum Gasteiger partial charge on any atom is -0.611 e. The van der Waals surface area contributed by atoms with Crippen molar-refractivity contribution in [1.29, 1.82) is 0 Å². The molecular formula is C25H22N4O4S. The van der Waals surface area contributed by atoms with Crippen LogP contribution in [0.1, 0.15) is 27.6 Å². The summed E-state index contributed by atoms with van der Waals surface area (Å²) in [5.74, 6) is -0.812. The van der Waals surface area contributed by atoms with Crippen molar-refractivity contribution in [2.45, 2.75) is 16.6 Å². The first-order valence-corrected chi connectivity index (χ1v) is 11.7. The SMILES string of the molecule is O=C(O)CC(c1ccccc1)[S+]([O-])c1cccc(NC(=O)c2cccc(Nc3ncc[nH]3)c2)c1. The van der Waals surface area contributed by atoms with E-state index in [1.54, 1.807) is 79.1 Å². The Bertz CT molecular complexity index is 1260. The van der Waals surface area contributed by atoms with E-state index in [4.69, 9.17) is 0 Å². The molecule has 0 fully saturated rings. The number of aliphatic carboxylic acids is 1. The number of carboxylic acids is 1. The molecule has 2 unspecified atom stereocenters. The molecule has 0 spiro atoms. The quantitative estimate of drug-likeness (QED) is 0.260. The average Bonchev–Trinajstić information content (AvgIpc) is 3.36. The van der Waals surface area contributed by atoms with Crippen LogP contribution in [0.2, 0.25) is 0 Å². The number of hydrogen-bond donors (Lipinski definition) is 4. The molecule has 9 heteroatoms. The van der Waals surface area contributed by atoms with Gasteiger partial charge in [-0.3, -0.25) is 9.59 Å². The van der Waals surface area contributed by atoms with Crippen molar-refractivity contribution in [1.82, 2.24) is 9.97 Å². The summed E-state index contributed by atoms with van der Waals surface area (Å²) in [5, 5.41) is 14.5. The molecule has 0 saturated heterocycles. The average molecular weight is 475 g/mol. The number of nitrogens with zero attached hydrogens (tertiary/aromatic N) is 1. The van der Waals surface area contributed by atoms with Crippen LogP contribution in [0, 0.1) is 0 Å². The topological polar surface area (TPSA) is 130 Å². The van der Waals surface area contributed by atoms with Gasteiger partial charge in [0, 0.05) is 41.0 Å². The number of nitrogens with one attached hydrogen (secondary N) is 3. The molecule has 0 bridgehead atoms. The van der Waals surface area contributed by atoms with Crippen molar-refractivity contribution >= 4 is 40.4 Å². The lowest BCUT2D eigenvalue weighted by molar-refractivity contribution is -0.137. The zero-order valence-electron chi connectivity index (χ0n) is 18.0. The maximum Gasteiger partial charge on any atom is 0.308 e. The number of anilines is 3. The van der Waals surface area contributed by atoms with E-state index in [0.717, 1.165) is 0 Å². The van der Waals surface area contributed by atoms with E-state index < -0.39 is 22.4 Å². The number of imidazole rings is 1. The largest absolute Gasteiger partial charge is 0.611 e. The first kappa shape index (κ1) is 23.1. The number of aromatic amines is 1. The summed E-state index contributed by atoms with van der Waals surface area (Å²) in [7, 11) is 0. The van der Waals surface area contributed by atoms with E-state index >= 15 is 0 Å². The summed E-state index contributed by atoms with van der Waals surface area (Å²) in [6.45, 7) is 0. The predicted octanol–water partition coefficient (Wildman–Crippen LogP) is 4.73.